The van der Waals surface area contributed by atoms with Gasteiger partial charge in [-0.15, -0.1) is 0 Å². The highest BCUT2D eigenvalue weighted by Crippen LogP contribution is 2.47. The van der Waals surface area contributed by atoms with Crippen LogP contribution in [0, 0.1) is 10.1 Å². The van der Waals surface area contributed by atoms with E-state index in [0.29, 0.717) is 22.2 Å². The Morgan fingerprint density at radius 1 is 1.29 bits per heavy atom. The van der Waals surface area contributed by atoms with Gasteiger partial charge in [0, 0.05) is 55.0 Å². The Balaban J connectivity index is 1.92. The number of hydrogen-bond acceptors (Lipinski definition) is 8. The summed E-state index contributed by atoms with van der Waals surface area (Å²) >= 11 is 6.12. The predicted octanol–water partition coefficient (Wildman–Crippen LogP) is 3.85. The number of nitrogens with zero attached hydrogens (tertiary/aromatic N) is 3. The van der Waals surface area contributed by atoms with E-state index in [1.165, 1.54) is 32.4 Å². The fourth-order valence-corrected chi connectivity index (χ4v) is 4.50. The molecular formula is C23H25ClN4O6. The minimum atomic E-state index is -1.34. The van der Waals surface area contributed by atoms with Gasteiger partial charge in [0.25, 0.3) is 5.69 Å². The molecule has 0 saturated heterocycles. The number of aromatic amines is 1. The van der Waals surface area contributed by atoms with Crippen LogP contribution >= 0.6 is 11.6 Å². The van der Waals surface area contributed by atoms with Crippen LogP contribution in [-0.2, 0) is 16.0 Å². The number of hydrogen-bond donors (Lipinski definition) is 2. The van der Waals surface area contributed by atoms with Crippen LogP contribution in [-0.4, -0.2) is 52.2 Å². The molecule has 2 N–H and O–H groups in total. The fraction of sp³-hybridized carbons (Fsp3) is 0.348. The second-order valence-electron chi connectivity index (χ2n) is 8.10. The van der Waals surface area contributed by atoms with Crippen LogP contribution in [0.4, 0.5) is 11.4 Å². The lowest BCUT2D eigenvalue weighted by atomic mass is 9.83. The van der Waals surface area contributed by atoms with Crippen molar-refractivity contribution < 1.29 is 24.2 Å². The minimum Gasteiger partial charge on any atom is -0.479 e. The molecule has 180 valence electrons. The van der Waals surface area contributed by atoms with E-state index in [1.54, 1.807) is 31.5 Å². The smallest absolute Gasteiger partial charge is 0.270 e. The van der Waals surface area contributed by atoms with Gasteiger partial charge in [0.2, 0.25) is 0 Å². The van der Waals surface area contributed by atoms with Gasteiger partial charge in [-0.05, 0) is 37.3 Å². The summed E-state index contributed by atoms with van der Waals surface area (Å²) in [6.07, 6.45) is 1.18. The third-order valence-corrected chi connectivity index (χ3v) is 6.26. The van der Waals surface area contributed by atoms with Crippen LogP contribution in [0.25, 0.3) is 0 Å². The third kappa shape index (κ3) is 4.32. The monoisotopic (exact) mass is 488 g/mol. The molecule has 0 amide bonds. The van der Waals surface area contributed by atoms with Crippen LogP contribution in [0.15, 0.2) is 54.9 Å². The third-order valence-electron chi connectivity index (χ3n) is 6.00. The van der Waals surface area contributed by atoms with E-state index in [1.807, 2.05) is 17.0 Å². The molecule has 0 spiro atoms. The predicted molar refractivity (Wildman–Crippen MR) is 125 cm³/mol. The molecule has 3 atom stereocenters. The topological polar surface area (TPSA) is 123 Å². The van der Waals surface area contributed by atoms with Crippen molar-refractivity contribution in [3.63, 3.8) is 0 Å². The molecule has 1 aromatic heterocycles. The summed E-state index contributed by atoms with van der Waals surface area (Å²) < 4.78 is 17.1. The first-order chi connectivity index (χ1) is 16.3. The second kappa shape index (κ2) is 9.59. The maximum Gasteiger partial charge on any atom is 0.270 e. The zero-order valence-electron chi connectivity index (χ0n) is 18.8. The molecule has 0 saturated carbocycles. The van der Waals surface area contributed by atoms with Gasteiger partial charge in [-0.3, -0.25) is 10.1 Å². The lowest BCUT2D eigenvalue weighted by molar-refractivity contribution is -0.385. The number of methoxy groups -OCH3 is 2. The Hall–Kier alpha value is -3.18. The second-order valence-corrected chi connectivity index (χ2v) is 8.53. The Kier molecular flexibility index (Phi) is 6.76. The average molecular weight is 489 g/mol. The molecule has 2 aromatic carbocycles. The molecule has 1 aliphatic rings. The van der Waals surface area contributed by atoms with Crippen molar-refractivity contribution >= 4 is 23.0 Å². The SMILES string of the molecule is COC(OC)[C@@]1(C)Oc2ccc([N+](=O)[O-])cc2[C@H](N(Cc2ncc[nH]2)c2ccc(Cl)cc2)[C@H]1O. The Bertz CT molecular complexity index is 1140. The molecule has 0 aliphatic carbocycles. The van der Waals surface area contributed by atoms with Gasteiger partial charge in [0.15, 0.2) is 11.9 Å². The number of aliphatic hydroxyl groups is 1. The van der Waals surface area contributed by atoms with Crippen molar-refractivity contribution in [2.45, 2.75) is 37.5 Å². The van der Waals surface area contributed by atoms with Gasteiger partial charge < -0.3 is 29.2 Å². The van der Waals surface area contributed by atoms with Gasteiger partial charge >= 0.3 is 0 Å². The number of halogens is 1. The lowest BCUT2D eigenvalue weighted by Gasteiger charge is -2.49. The summed E-state index contributed by atoms with van der Waals surface area (Å²) in [7, 11) is 2.91. The van der Waals surface area contributed by atoms with E-state index < -0.39 is 29.0 Å². The average Bonchev–Trinajstić information content (AvgIpc) is 3.33. The number of nitro benzene ring substituents is 1. The highest BCUT2D eigenvalue weighted by atomic mass is 35.5. The number of nitro groups is 1. The quantitative estimate of drug-likeness (QED) is 0.278. The Labute approximate surface area is 201 Å². The number of aromatic nitrogens is 2. The minimum absolute atomic E-state index is 0.118. The molecule has 3 aromatic rings. The van der Waals surface area contributed by atoms with E-state index >= 15 is 0 Å². The summed E-state index contributed by atoms with van der Waals surface area (Å²) in [4.78, 5) is 20.4. The normalized spacial score (nSPS) is 21.7. The van der Waals surface area contributed by atoms with Crippen molar-refractivity contribution in [2.75, 3.05) is 19.1 Å². The maximum absolute atomic E-state index is 11.8. The van der Waals surface area contributed by atoms with Gasteiger partial charge in [0.05, 0.1) is 17.5 Å². The first-order valence-corrected chi connectivity index (χ1v) is 10.9. The first-order valence-electron chi connectivity index (χ1n) is 10.5. The summed E-state index contributed by atoms with van der Waals surface area (Å²) in [5.41, 5.74) is -0.290. The van der Waals surface area contributed by atoms with Crippen LogP contribution in [0.5, 0.6) is 5.75 Å². The van der Waals surface area contributed by atoms with Crippen molar-refractivity contribution in [2.24, 2.45) is 0 Å². The summed E-state index contributed by atoms with van der Waals surface area (Å²) in [5, 5.41) is 23.9. The standard InChI is InChI=1S/C23H25ClN4O6/c1-23(22(32-2)33-3)21(29)20(17-12-16(28(30)31)8-9-18(17)34-23)27(13-19-25-10-11-26-19)15-6-4-14(24)5-7-15/h4-12,20-22,29H,13H2,1-3H3,(H,25,26)/t20-,21+,23-/m0/s1. The van der Waals surface area contributed by atoms with E-state index in [2.05, 4.69) is 9.97 Å². The lowest BCUT2D eigenvalue weighted by Crippen LogP contribution is -2.62. The van der Waals surface area contributed by atoms with E-state index in [4.69, 9.17) is 25.8 Å². The van der Waals surface area contributed by atoms with E-state index in [-0.39, 0.29) is 12.2 Å². The maximum atomic E-state index is 11.8. The number of benzene rings is 2. The summed E-state index contributed by atoms with van der Waals surface area (Å²) in [5.74, 6) is 1.01. The van der Waals surface area contributed by atoms with Gasteiger partial charge in [-0.2, -0.15) is 0 Å². The van der Waals surface area contributed by atoms with Crippen molar-refractivity contribution in [1.82, 2.24) is 9.97 Å². The number of rotatable bonds is 8. The molecule has 2 heterocycles. The highest BCUT2D eigenvalue weighted by molar-refractivity contribution is 6.30. The zero-order valence-corrected chi connectivity index (χ0v) is 19.6. The number of aliphatic hydroxyl groups excluding tert-OH is 1. The molecule has 0 unspecified atom stereocenters. The number of non-ortho nitro benzene ring substituents is 1. The first kappa shape index (κ1) is 24.0. The molecule has 10 nitrogen and oxygen atoms in total. The molecule has 4 rings (SSSR count). The molecule has 0 radical (unpaired) electrons. The highest BCUT2D eigenvalue weighted by Gasteiger charge is 2.54. The van der Waals surface area contributed by atoms with E-state index in [0.717, 1.165) is 5.69 Å². The van der Waals surface area contributed by atoms with Gasteiger partial charge in [-0.1, -0.05) is 11.6 Å². The van der Waals surface area contributed by atoms with Crippen molar-refractivity contribution in [1.29, 1.82) is 0 Å². The number of imidazole rings is 1. The van der Waals surface area contributed by atoms with Crippen molar-refractivity contribution in [3.05, 3.63) is 81.4 Å². The summed E-state index contributed by atoms with van der Waals surface area (Å²) in [6, 6.07) is 10.6. The number of ether oxygens (including phenoxy) is 3. The van der Waals surface area contributed by atoms with Crippen molar-refractivity contribution in [3.8, 4) is 5.75 Å². The van der Waals surface area contributed by atoms with Gasteiger partial charge in [0.1, 0.15) is 17.7 Å². The van der Waals surface area contributed by atoms with Gasteiger partial charge in [-0.25, -0.2) is 4.98 Å². The number of anilines is 1. The van der Waals surface area contributed by atoms with Crippen LogP contribution in [0.1, 0.15) is 24.4 Å². The number of fused-ring (bicyclic) bond motifs is 1. The molecule has 0 bridgehead atoms. The largest absolute Gasteiger partial charge is 0.479 e. The fourth-order valence-electron chi connectivity index (χ4n) is 4.37. The number of H-pyrrole nitrogens is 1. The molecule has 11 heteroatoms. The van der Waals surface area contributed by atoms with Crippen LogP contribution in [0.3, 0.4) is 0 Å². The zero-order chi connectivity index (χ0) is 24.5. The van der Waals surface area contributed by atoms with E-state index in [9.17, 15) is 15.2 Å². The van der Waals surface area contributed by atoms with Crippen LogP contribution < -0.4 is 9.64 Å². The molecule has 1 aliphatic heterocycles. The number of nitrogens with one attached hydrogen (secondary N) is 1. The Morgan fingerprint density at radius 3 is 2.59 bits per heavy atom. The molecule has 34 heavy (non-hydrogen) atoms. The summed E-state index contributed by atoms with van der Waals surface area (Å²) in [6.45, 7) is 1.94. The molecule has 0 fully saturated rings. The Morgan fingerprint density at radius 2 is 2.00 bits per heavy atom. The molecular weight excluding hydrogens is 464 g/mol. The van der Waals surface area contributed by atoms with Crippen LogP contribution in [0.2, 0.25) is 5.02 Å².